The summed E-state index contributed by atoms with van der Waals surface area (Å²) >= 11 is 0. The Morgan fingerprint density at radius 3 is 1.80 bits per heavy atom. The van der Waals surface area contributed by atoms with Gasteiger partial charge >= 0.3 is 5.97 Å². The molecule has 1 aromatic rings. The third kappa shape index (κ3) is 21.4. The number of carboxylic acids is 1. The number of unbranched alkanes of at least 4 members (excludes halogenated alkanes) is 15. The summed E-state index contributed by atoms with van der Waals surface area (Å²) in [6.07, 6.45) is 24.5. The first-order valence-corrected chi connectivity index (χ1v) is 17.4. The van der Waals surface area contributed by atoms with Gasteiger partial charge < -0.3 is 35.0 Å². The largest absolute Gasteiger partial charge is 0.481 e. The molecular formula is C37H62O8. The summed E-state index contributed by atoms with van der Waals surface area (Å²) in [6.45, 7) is 1.97. The number of hydrogen-bond donors (Lipinski definition) is 5. The average Bonchev–Trinajstić information content (AvgIpc) is 3.04. The van der Waals surface area contributed by atoms with Crippen molar-refractivity contribution in [3.05, 3.63) is 54.1 Å². The highest BCUT2D eigenvalue weighted by molar-refractivity contribution is 5.66. The second kappa shape index (κ2) is 28.2. The van der Waals surface area contributed by atoms with Crippen molar-refractivity contribution in [3.8, 4) is 0 Å². The van der Waals surface area contributed by atoms with Crippen molar-refractivity contribution < 1.29 is 39.8 Å². The van der Waals surface area contributed by atoms with Gasteiger partial charge in [-0.3, -0.25) is 4.79 Å². The topological polar surface area (TPSA) is 137 Å². The molecule has 0 radical (unpaired) electrons. The van der Waals surface area contributed by atoms with E-state index in [1.807, 2.05) is 36.4 Å². The molecule has 1 heterocycles. The smallest absolute Gasteiger partial charge is 0.303 e. The fourth-order valence-electron chi connectivity index (χ4n) is 5.16. The number of aliphatic hydroxyl groups is 4. The van der Waals surface area contributed by atoms with Gasteiger partial charge in [-0.2, -0.15) is 0 Å². The molecule has 0 spiro atoms. The van der Waals surface area contributed by atoms with Crippen molar-refractivity contribution in [1.82, 2.24) is 0 Å². The highest BCUT2D eigenvalue weighted by Crippen LogP contribution is 2.22. The highest BCUT2D eigenvalue weighted by atomic mass is 16.7. The Kier molecular flexibility index (Phi) is 25.6. The van der Waals surface area contributed by atoms with Gasteiger partial charge in [-0.05, 0) is 37.7 Å². The molecule has 0 unspecified atom stereocenters. The fraction of sp³-hybridized carbons (Fsp3) is 0.703. The summed E-state index contributed by atoms with van der Waals surface area (Å²) in [5.74, 6) is -0.656. The molecule has 1 saturated heterocycles. The summed E-state index contributed by atoms with van der Waals surface area (Å²) < 4.78 is 10.5. The van der Waals surface area contributed by atoms with Crippen LogP contribution in [0.1, 0.15) is 128 Å². The van der Waals surface area contributed by atoms with E-state index >= 15 is 0 Å². The zero-order valence-corrected chi connectivity index (χ0v) is 27.7. The molecule has 8 heteroatoms. The lowest BCUT2D eigenvalue weighted by atomic mass is 9.99. The Hall–Kier alpha value is -2.07. The van der Waals surface area contributed by atoms with Crippen LogP contribution in [0.25, 0.3) is 6.08 Å². The van der Waals surface area contributed by atoms with E-state index in [2.05, 4.69) is 19.1 Å². The maximum Gasteiger partial charge on any atom is 0.303 e. The van der Waals surface area contributed by atoms with Crippen molar-refractivity contribution in [3.63, 3.8) is 0 Å². The zero-order valence-electron chi connectivity index (χ0n) is 27.7. The SMILES string of the molecule is CCCCCCCC/C=C\CCCCCCCCCCCC(=O)O.OC[C@H]1O[C@@H](OC/C=C/c2ccccc2)[C@H](O)[C@@H](O)[C@@H]1O. The van der Waals surface area contributed by atoms with Crippen LogP contribution >= 0.6 is 0 Å². The number of rotatable bonds is 24. The van der Waals surface area contributed by atoms with Gasteiger partial charge in [0.05, 0.1) is 13.2 Å². The van der Waals surface area contributed by atoms with Crippen LogP contribution < -0.4 is 0 Å². The Morgan fingerprint density at radius 1 is 0.733 bits per heavy atom. The van der Waals surface area contributed by atoms with Gasteiger partial charge in [0, 0.05) is 6.42 Å². The fourth-order valence-corrected chi connectivity index (χ4v) is 5.16. The molecule has 5 atom stereocenters. The van der Waals surface area contributed by atoms with E-state index in [4.69, 9.17) is 19.7 Å². The van der Waals surface area contributed by atoms with E-state index in [1.54, 1.807) is 6.08 Å². The predicted molar refractivity (Wildman–Crippen MR) is 181 cm³/mol. The predicted octanol–water partition coefficient (Wildman–Crippen LogP) is 7.19. The van der Waals surface area contributed by atoms with Crippen molar-refractivity contribution >= 4 is 12.0 Å². The minimum Gasteiger partial charge on any atom is -0.481 e. The Balaban J connectivity index is 0.000000453. The molecule has 0 bridgehead atoms. The number of aliphatic hydroxyl groups excluding tert-OH is 4. The molecule has 1 aromatic carbocycles. The monoisotopic (exact) mass is 634 g/mol. The van der Waals surface area contributed by atoms with Crippen molar-refractivity contribution in [2.24, 2.45) is 0 Å². The van der Waals surface area contributed by atoms with E-state index in [0.29, 0.717) is 6.42 Å². The summed E-state index contributed by atoms with van der Waals surface area (Å²) in [5, 5.41) is 46.6. The first-order valence-electron chi connectivity index (χ1n) is 17.4. The first-order chi connectivity index (χ1) is 21.9. The van der Waals surface area contributed by atoms with Crippen LogP contribution in [0.3, 0.4) is 0 Å². The molecule has 0 aromatic heterocycles. The minimum absolute atomic E-state index is 0.164. The molecule has 5 N–H and O–H groups in total. The average molecular weight is 635 g/mol. The molecule has 1 aliphatic heterocycles. The second-order valence-electron chi connectivity index (χ2n) is 12.0. The van der Waals surface area contributed by atoms with Gasteiger partial charge in [-0.1, -0.05) is 139 Å². The zero-order chi connectivity index (χ0) is 33.0. The third-order valence-corrected chi connectivity index (χ3v) is 7.97. The lowest BCUT2D eigenvalue weighted by Gasteiger charge is -2.39. The molecule has 45 heavy (non-hydrogen) atoms. The number of benzene rings is 1. The van der Waals surface area contributed by atoms with Crippen LogP contribution in [0.2, 0.25) is 0 Å². The van der Waals surface area contributed by atoms with Crippen molar-refractivity contribution in [2.75, 3.05) is 13.2 Å². The Labute approximate surface area is 272 Å². The molecule has 1 fully saturated rings. The molecule has 0 saturated carbocycles. The molecule has 8 nitrogen and oxygen atoms in total. The standard InChI is InChI=1S/C22H42O2.C15H20O6/c1-2-3-4-5-6-7-8-9-10-11-12-13-14-15-16-17-18-19-20-21-22(23)24;16-9-11-12(17)13(18)14(19)15(21-11)20-8-4-7-10-5-2-1-3-6-10/h9-10H,2-8,11-21H2,1H3,(H,23,24);1-7,11-19H,8-9H2/b10-9-;7-4+/t;11-,12-,13+,14-,15-/m.1/s1. The van der Waals surface area contributed by atoms with E-state index in [9.17, 15) is 20.1 Å². The van der Waals surface area contributed by atoms with Crippen LogP contribution in [0.15, 0.2) is 48.6 Å². The second-order valence-corrected chi connectivity index (χ2v) is 12.0. The van der Waals surface area contributed by atoms with Crippen LogP contribution in [0.5, 0.6) is 0 Å². The highest BCUT2D eigenvalue weighted by Gasteiger charge is 2.43. The van der Waals surface area contributed by atoms with Gasteiger partial charge in [0.1, 0.15) is 24.4 Å². The minimum atomic E-state index is -1.42. The van der Waals surface area contributed by atoms with E-state index < -0.39 is 43.3 Å². The van der Waals surface area contributed by atoms with E-state index in [0.717, 1.165) is 18.4 Å². The Morgan fingerprint density at radius 2 is 1.27 bits per heavy atom. The lowest BCUT2D eigenvalue weighted by molar-refractivity contribution is -0.298. The number of ether oxygens (including phenoxy) is 2. The molecule has 0 aliphatic carbocycles. The number of allylic oxidation sites excluding steroid dienone is 2. The normalized spacial score (nSPS) is 21.7. The molecule has 1 aliphatic rings. The van der Waals surface area contributed by atoms with Crippen LogP contribution in [-0.2, 0) is 14.3 Å². The lowest BCUT2D eigenvalue weighted by Crippen LogP contribution is -2.59. The summed E-state index contributed by atoms with van der Waals surface area (Å²) in [4.78, 5) is 10.4. The maximum atomic E-state index is 10.4. The summed E-state index contributed by atoms with van der Waals surface area (Å²) in [7, 11) is 0. The first kappa shape index (κ1) is 41.0. The van der Waals surface area contributed by atoms with Gasteiger partial charge in [0.2, 0.25) is 0 Å². The Bertz CT molecular complexity index is 872. The maximum absolute atomic E-state index is 10.4. The van der Waals surface area contributed by atoms with Gasteiger partial charge in [-0.25, -0.2) is 0 Å². The van der Waals surface area contributed by atoms with Crippen LogP contribution in [-0.4, -0.2) is 75.4 Å². The van der Waals surface area contributed by atoms with E-state index in [1.165, 1.54) is 96.3 Å². The van der Waals surface area contributed by atoms with Gasteiger partial charge in [-0.15, -0.1) is 0 Å². The summed E-state index contributed by atoms with van der Waals surface area (Å²) in [6, 6.07) is 9.62. The molecule has 258 valence electrons. The molecular weight excluding hydrogens is 572 g/mol. The van der Waals surface area contributed by atoms with Crippen LogP contribution in [0, 0.1) is 0 Å². The van der Waals surface area contributed by atoms with Gasteiger partial charge in [0.25, 0.3) is 0 Å². The number of carbonyl (C=O) groups is 1. The quantitative estimate of drug-likeness (QED) is 0.0596. The van der Waals surface area contributed by atoms with Gasteiger partial charge in [0.15, 0.2) is 6.29 Å². The number of carboxylic acid groups (broad SMARTS) is 1. The molecule has 2 rings (SSSR count). The van der Waals surface area contributed by atoms with Crippen molar-refractivity contribution in [1.29, 1.82) is 0 Å². The summed E-state index contributed by atoms with van der Waals surface area (Å²) in [5.41, 5.74) is 1.01. The van der Waals surface area contributed by atoms with Crippen LogP contribution in [0.4, 0.5) is 0 Å². The third-order valence-electron chi connectivity index (χ3n) is 7.97. The number of aliphatic carboxylic acids is 1. The molecule has 0 amide bonds. The number of hydrogen-bond acceptors (Lipinski definition) is 7. The van der Waals surface area contributed by atoms with Crippen molar-refractivity contribution in [2.45, 2.75) is 153 Å². The van der Waals surface area contributed by atoms with E-state index in [-0.39, 0.29) is 6.61 Å².